The fourth-order valence-corrected chi connectivity index (χ4v) is 1.82. The molecule has 0 unspecified atom stereocenters. The van der Waals surface area contributed by atoms with E-state index in [1.54, 1.807) is 0 Å². The van der Waals surface area contributed by atoms with Crippen LogP contribution in [0.2, 0.25) is 0 Å². The van der Waals surface area contributed by atoms with Gasteiger partial charge in [0.05, 0.1) is 0 Å². The Kier molecular flexibility index (Phi) is 1.44. The van der Waals surface area contributed by atoms with Gasteiger partial charge in [0.15, 0.2) is 0 Å². The first-order chi connectivity index (χ1) is 5.62. The molecule has 1 heterocycles. The van der Waals surface area contributed by atoms with Crippen LogP contribution in [-0.4, -0.2) is 6.04 Å². The van der Waals surface area contributed by atoms with Gasteiger partial charge in [-0.25, -0.2) is 0 Å². The summed E-state index contributed by atoms with van der Waals surface area (Å²) in [6.07, 6.45) is 0. The van der Waals surface area contributed by atoms with Crippen LogP contribution in [0.15, 0.2) is 24.3 Å². The number of fused-ring (bicyclic) bond motifs is 1. The van der Waals surface area contributed by atoms with Gasteiger partial charge in [-0.2, -0.15) is 0 Å². The molecule has 0 saturated heterocycles. The first-order valence-electron chi connectivity index (χ1n) is 4.48. The number of anilines is 1. The molecule has 1 atom stereocenters. The number of para-hydroxylation sites is 1. The molecule has 0 aliphatic carbocycles. The third-order valence-corrected chi connectivity index (χ3v) is 3.08. The second-order valence-corrected chi connectivity index (χ2v) is 4.13. The third-order valence-electron chi connectivity index (χ3n) is 3.08. The van der Waals surface area contributed by atoms with Crippen molar-refractivity contribution >= 4 is 5.69 Å². The molecule has 1 aromatic carbocycles. The van der Waals surface area contributed by atoms with E-state index in [1.165, 1.54) is 11.3 Å². The molecule has 0 amide bonds. The lowest BCUT2D eigenvalue weighted by Gasteiger charge is -2.23. The Hall–Kier alpha value is -0.980. The van der Waals surface area contributed by atoms with Gasteiger partial charge in [-0.05, 0) is 18.6 Å². The van der Waals surface area contributed by atoms with Crippen LogP contribution in [-0.2, 0) is 5.41 Å². The van der Waals surface area contributed by atoms with Crippen molar-refractivity contribution in [2.75, 3.05) is 5.32 Å². The molecule has 1 aliphatic rings. The molecule has 1 aromatic rings. The van der Waals surface area contributed by atoms with E-state index in [0.717, 1.165) is 0 Å². The summed E-state index contributed by atoms with van der Waals surface area (Å²) < 4.78 is 0. The molecule has 0 saturated carbocycles. The van der Waals surface area contributed by atoms with Gasteiger partial charge < -0.3 is 5.32 Å². The van der Waals surface area contributed by atoms with Crippen molar-refractivity contribution in [1.29, 1.82) is 0 Å². The standard InChI is InChI=1S/C11H15N/c1-8-11(2,3)9-6-4-5-7-10(9)12-8/h4-8,12H,1-3H3/t8-/m0/s1. The van der Waals surface area contributed by atoms with Crippen LogP contribution in [0.25, 0.3) is 0 Å². The molecule has 64 valence electrons. The van der Waals surface area contributed by atoms with Gasteiger partial charge in [0.25, 0.3) is 0 Å². The van der Waals surface area contributed by atoms with Gasteiger partial charge in [0.1, 0.15) is 0 Å². The Morgan fingerprint density at radius 2 is 1.92 bits per heavy atom. The fraction of sp³-hybridized carbons (Fsp3) is 0.455. The number of hydrogen-bond acceptors (Lipinski definition) is 1. The maximum Gasteiger partial charge on any atom is 0.0381 e. The number of rotatable bonds is 0. The molecule has 0 radical (unpaired) electrons. The van der Waals surface area contributed by atoms with E-state index in [1.807, 2.05) is 0 Å². The van der Waals surface area contributed by atoms with Crippen LogP contribution >= 0.6 is 0 Å². The molecular weight excluding hydrogens is 146 g/mol. The van der Waals surface area contributed by atoms with Crippen molar-refractivity contribution in [3.05, 3.63) is 29.8 Å². The first-order valence-corrected chi connectivity index (χ1v) is 4.48. The van der Waals surface area contributed by atoms with Crippen molar-refractivity contribution < 1.29 is 0 Å². The summed E-state index contributed by atoms with van der Waals surface area (Å²) in [4.78, 5) is 0. The lowest BCUT2D eigenvalue weighted by Crippen LogP contribution is -2.29. The second kappa shape index (κ2) is 2.25. The zero-order valence-electron chi connectivity index (χ0n) is 7.89. The largest absolute Gasteiger partial charge is 0.381 e. The normalized spacial score (nSPS) is 24.8. The van der Waals surface area contributed by atoms with E-state index in [2.05, 4.69) is 50.4 Å². The zero-order valence-corrected chi connectivity index (χ0v) is 7.89. The summed E-state index contributed by atoms with van der Waals surface area (Å²) in [5.41, 5.74) is 3.02. The van der Waals surface area contributed by atoms with Crippen molar-refractivity contribution in [2.45, 2.75) is 32.2 Å². The van der Waals surface area contributed by atoms with E-state index >= 15 is 0 Å². The highest BCUT2D eigenvalue weighted by atomic mass is 15.0. The SMILES string of the molecule is C[C@@H]1Nc2ccccc2C1(C)C. The minimum atomic E-state index is 0.274. The Labute approximate surface area is 73.8 Å². The summed E-state index contributed by atoms with van der Waals surface area (Å²) in [6, 6.07) is 9.10. The first kappa shape index (κ1) is 7.66. The van der Waals surface area contributed by atoms with Crippen LogP contribution in [0.4, 0.5) is 5.69 Å². The second-order valence-electron chi connectivity index (χ2n) is 4.13. The Morgan fingerprint density at radius 1 is 1.25 bits per heavy atom. The van der Waals surface area contributed by atoms with Gasteiger partial charge in [-0.15, -0.1) is 0 Å². The Balaban J connectivity index is 2.55. The molecule has 1 aliphatic heterocycles. The molecule has 1 nitrogen and oxygen atoms in total. The maximum atomic E-state index is 3.49. The molecule has 12 heavy (non-hydrogen) atoms. The minimum absolute atomic E-state index is 0.274. The number of hydrogen-bond donors (Lipinski definition) is 1. The van der Waals surface area contributed by atoms with Gasteiger partial charge in [0, 0.05) is 17.1 Å². The van der Waals surface area contributed by atoms with Crippen molar-refractivity contribution in [3.8, 4) is 0 Å². The maximum absolute atomic E-state index is 3.49. The minimum Gasteiger partial charge on any atom is -0.381 e. The van der Waals surface area contributed by atoms with E-state index in [-0.39, 0.29) is 5.41 Å². The summed E-state index contributed by atoms with van der Waals surface area (Å²) >= 11 is 0. The van der Waals surface area contributed by atoms with Crippen LogP contribution in [0.5, 0.6) is 0 Å². The predicted octanol–water partition coefficient (Wildman–Crippen LogP) is 2.78. The summed E-state index contributed by atoms with van der Waals surface area (Å²) in [5.74, 6) is 0. The molecule has 0 aromatic heterocycles. The quantitative estimate of drug-likeness (QED) is 0.617. The Bertz CT molecular complexity index is 302. The summed E-state index contributed by atoms with van der Waals surface area (Å²) in [5, 5.41) is 3.49. The highest BCUT2D eigenvalue weighted by Gasteiger charge is 2.35. The molecule has 0 bridgehead atoms. The lowest BCUT2D eigenvalue weighted by atomic mass is 9.81. The number of benzene rings is 1. The molecule has 1 heteroatoms. The predicted molar refractivity (Wildman–Crippen MR) is 52.6 cm³/mol. The highest BCUT2D eigenvalue weighted by Crippen LogP contribution is 2.39. The lowest BCUT2D eigenvalue weighted by molar-refractivity contribution is 0.486. The topological polar surface area (TPSA) is 12.0 Å². The van der Waals surface area contributed by atoms with Gasteiger partial charge in [-0.1, -0.05) is 32.0 Å². The average molecular weight is 161 g/mol. The van der Waals surface area contributed by atoms with Crippen molar-refractivity contribution in [3.63, 3.8) is 0 Å². The van der Waals surface area contributed by atoms with Crippen LogP contribution in [0.1, 0.15) is 26.3 Å². The monoisotopic (exact) mass is 161 g/mol. The summed E-state index contributed by atoms with van der Waals surface area (Å²) in [7, 11) is 0. The Morgan fingerprint density at radius 3 is 2.58 bits per heavy atom. The molecule has 1 N–H and O–H groups in total. The van der Waals surface area contributed by atoms with Crippen molar-refractivity contribution in [1.82, 2.24) is 0 Å². The average Bonchev–Trinajstić information content (AvgIpc) is 2.25. The van der Waals surface area contributed by atoms with Gasteiger partial charge >= 0.3 is 0 Å². The van der Waals surface area contributed by atoms with E-state index < -0.39 is 0 Å². The van der Waals surface area contributed by atoms with Gasteiger partial charge in [0.2, 0.25) is 0 Å². The summed E-state index contributed by atoms with van der Waals surface area (Å²) in [6.45, 7) is 6.81. The molecule has 0 fully saturated rings. The van der Waals surface area contributed by atoms with Crippen LogP contribution in [0.3, 0.4) is 0 Å². The van der Waals surface area contributed by atoms with E-state index in [4.69, 9.17) is 0 Å². The number of nitrogens with one attached hydrogen (secondary N) is 1. The highest BCUT2D eigenvalue weighted by molar-refractivity contribution is 5.61. The van der Waals surface area contributed by atoms with E-state index in [9.17, 15) is 0 Å². The molecular formula is C11H15N. The smallest absolute Gasteiger partial charge is 0.0381 e. The van der Waals surface area contributed by atoms with Gasteiger partial charge in [-0.3, -0.25) is 0 Å². The van der Waals surface area contributed by atoms with Crippen LogP contribution < -0.4 is 5.32 Å². The van der Waals surface area contributed by atoms with E-state index in [0.29, 0.717) is 6.04 Å². The third kappa shape index (κ3) is 0.857. The fourth-order valence-electron chi connectivity index (χ4n) is 1.82. The molecule has 0 spiro atoms. The zero-order chi connectivity index (χ0) is 8.77. The molecule has 2 rings (SSSR count). The van der Waals surface area contributed by atoms with Crippen molar-refractivity contribution in [2.24, 2.45) is 0 Å². The van der Waals surface area contributed by atoms with Crippen LogP contribution in [0, 0.1) is 0 Å².